The quantitative estimate of drug-likeness (QED) is 0.925. The number of thiazole rings is 1. The molecule has 4 heterocycles. The molecule has 3 unspecified atom stereocenters. The zero-order chi connectivity index (χ0) is 14.4. The molecule has 4 rings (SSSR count). The molecule has 6 heteroatoms. The highest BCUT2D eigenvalue weighted by atomic mass is 32.1. The van der Waals surface area contributed by atoms with Gasteiger partial charge < -0.3 is 5.32 Å². The standard InChI is InChI=1S/C15H20N4OS/c1-2-13-12-7-16-6-10(12)8-18(13)9-11-5-14(20)19-3-4-21-15(19)17-11/h3-5,10,12-13,16H,2,6-9H2,1H3. The van der Waals surface area contributed by atoms with E-state index in [1.54, 1.807) is 16.7 Å². The highest BCUT2D eigenvalue weighted by molar-refractivity contribution is 7.15. The fraction of sp³-hybridized carbons (Fsp3) is 0.600. The maximum absolute atomic E-state index is 12.1. The van der Waals surface area contributed by atoms with E-state index in [9.17, 15) is 4.79 Å². The Bertz CT molecular complexity index is 709. The van der Waals surface area contributed by atoms with E-state index in [1.165, 1.54) is 17.8 Å². The van der Waals surface area contributed by atoms with Crippen molar-refractivity contribution < 1.29 is 0 Å². The summed E-state index contributed by atoms with van der Waals surface area (Å²) >= 11 is 1.52. The number of hydrogen-bond donors (Lipinski definition) is 1. The lowest BCUT2D eigenvalue weighted by Gasteiger charge is -2.26. The largest absolute Gasteiger partial charge is 0.316 e. The lowest BCUT2D eigenvalue weighted by Crippen LogP contribution is -2.35. The third-order valence-electron chi connectivity index (χ3n) is 4.96. The second-order valence-electron chi connectivity index (χ2n) is 6.13. The average Bonchev–Trinajstić information content (AvgIpc) is 3.13. The number of hydrogen-bond acceptors (Lipinski definition) is 5. The molecule has 0 spiro atoms. The molecule has 2 fully saturated rings. The Balaban J connectivity index is 1.60. The molecular formula is C15H20N4OS. The van der Waals surface area contributed by atoms with Crippen molar-refractivity contribution in [3.8, 4) is 0 Å². The summed E-state index contributed by atoms with van der Waals surface area (Å²) < 4.78 is 1.62. The lowest BCUT2D eigenvalue weighted by molar-refractivity contribution is 0.208. The Morgan fingerprint density at radius 2 is 2.38 bits per heavy atom. The second kappa shape index (κ2) is 5.19. The SMILES string of the molecule is CCC1C2CNCC2CN1Cc1cc(=O)n2ccsc2n1. The monoisotopic (exact) mass is 304 g/mol. The first-order valence-corrected chi connectivity index (χ1v) is 8.54. The van der Waals surface area contributed by atoms with Crippen molar-refractivity contribution in [3.05, 3.63) is 33.7 Å². The zero-order valence-corrected chi connectivity index (χ0v) is 13.0. The van der Waals surface area contributed by atoms with Crippen molar-refractivity contribution in [1.82, 2.24) is 19.6 Å². The number of fused-ring (bicyclic) bond motifs is 2. The first-order chi connectivity index (χ1) is 10.3. The maximum Gasteiger partial charge on any atom is 0.258 e. The summed E-state index contributed by atoms with van der Waals surface area (Å²) in [6, 6.07) is 2.31. The predicted octanol–water partition coefficient (Wildman–Crippen LogP) is 1.19. The van der Waals surface area contributed by atoms with E-state index >= 15 is 0 Å². The van der Waals surface area contributed by atoms with Crippen molar-refractivity contribution >= 4 is 16.3 Å². The molecule has 2 aliphatic heterocycles. The van der Waals surface area contributed by atoms with E-state index in [0.29, 0.717) is 6.04 Å². The Kier molecular flexibility index (Phi) is 3.32. The van der Waals surface area contributed by atoms with Gasteiger partial charge in [0.05, 0.1) is 5.69 Å². The third kappa shape index (κ3) is 2.22. The van der Waals surface area contributed by atoms with Gasteiger partial charge in [-0.25, -0.2) is 4.98 Å². The van der Waals surface area contributed by atoms with Crippen LogP contribution in [0.4, 0.5) is 0 Å². The van der Waals surface area contributed by atoms with E-state index in [-0.39, 0.29) is 5.56 Å². The molecule has 0 aromatic carbocycles. The first-order valence-electron chi connectivity index (χ1n) is 7.67. The van der Waals surface area contributed by atoms with Crippen LogP contribution in [-0.4, -0.2) is 40.0 Å². The minimum atomic E-state index is 0.0327. The van der Waals surface area contributed by atoms with Crippen LogP contribution in [0.2, 0.25) is 0 Å². The van der Waals surface area contributed by atoms with E-state index in [4.69, 9.17) is 0 Å². The van der Waals surface area contributed by atoms with E-state index < -0.39 is 0 Å². The van der Waals surface area contributed by atoms with Crippen LogP contribution in [-0.2, 0) is 6.54 Å². The van der Waals surface area contributed by atoms with Crippen LogP contribution in [0.1, 0.15) is 19.0 Å². The van der Waals surface area contributed by atoms with Crippen LogP contribution in [0, 0.1) is 11.8 Å². The van der Waals surface area contributed by atoms with Gasteiger partial charge in [-0.3, -0.25) is 14.1 Å². The highest BCUT2D eigenvalue weighted by Gasteiger charge is 2.42. The number of aromatic nitrogens is 2. The molecule has 0 saturated carbocycles. The van der Waals surface area contributed by atoms with Gasteiger partial charge in [-0.05, 0) is 31.3 Å². The van der Waals surface area contributed by atoms with Crippen molar-refractivity contribution in [3.63, 3.8) is 0 Å². The molecule has 2 aromatic heterocycles. The van der Waals surface area contributed by atoms with Gasteiger partial charge in [-0.15, -0.1) is 11.3 Å². The van der Waals surface area contributed by atoms with Crippen LogP contribution >= 0.6 is 11.3 Å². The van der Waals surface area contributed by atoms with Gasteiger partial charge in [0.15, 0.2) is 4.96 Å². The molecule has 0 amide bonds. The molecular weight excluding hydrogens is 284 g/mol. The highest BCUT2D eigenvalue weighted by Crippen LogP contribution is 2.34. The molecule has 0 radical (unpaired) electrons. The number of likely N-dealkylation sites (tertiary alicyclic amines) is 1. The molecule has 1 N–H and O–H groups in total. The Morgan fingerprint density at radius 1 is 1.48 bits per heavy atom. The predicted molar refractivity (Wildman–Crippen MR) is 83.7 cm³/mol. The molecule has 5 nitrogen and oxygen atoms in total. The first kappa shape index (κ1) is 13.4. The number of nitrogens with one attached hydrogen (secondary N) is 1. The maximum atomic E-state index is 12.1. The van der Waals surface area contributed by atoms with Crippen molar-refractivity contribution in [2.75, 3.05) is 19.6 Å². The zero-order valence-electron chi connectivity index (χ0n) is 12.2. The number of rotatable bonds is 3. The summed E-state index contributed by atoms with van der Waals surface area (Å²) in [4.78, 5) is 20.1. The minimum Gasteiger partial charge on any atom is -0.316 e. The van der Waals surface area contributed by atoms with Crippen molar-refractivity contribution in [2.45, 2.75) is 25.9 Å². The fourth-order valence-corrected chi connectivity index (χ4v) is 4.77. The van der Waals surface area contributed by atoms with Crippen molar-refractivity contribution in [2.24, 2.45) is 11.8 Å². The molecule has 3 atom stereocenters. The van der Waals surface area contributed by atoms with Gasteiger partial charge in [-0.1, -0.05) is 6.92 Å². The Morgan fingerprint density at radius 3 is 3.24 bits per heavy atom. The van der Waals surface area contributed by atoms with Crippen molar-refractivity contribution in [1.29, 1.82) is 0 Å². The molecule has 21 heavy (non-hydrogen) atoms. The average molecular weight is 304 g/mol. The molecule has 2 aliphatic rings. The number of nitrogens with zero attached hydrogens (tertiary/aromatic N) is 3. The summed E-state index contributed by atoms with van der Waals surface area (Å²) in [5, 5.41) is 5.42. The Labute approximate surface area is 127 Å². The van der Waals surface area contributed by atoms with Crippen LogP contribution in [0.15, 0.2) is 22.4 Å². The topological polar surface area (TPSA) is 49.6 Å². The van der Waals surface area contributed by atoms with Gasteiger partial charge in [-0.2, -0.15) is 0 Å². The smallest absolute Gasteiger partial charge is 0.258 e. The molecule has 2 saturated heterocycles. The van der Waals surface area contributed by atoms with Crippen LogP contribution in [0.25, 0.3) is 4.96 Å². The normalized spacial score (nSPS) is 29.3. The van der Waals surface area contributed by atoms with Crippen LogP contribution in [0.3, 0.4) is 0 Å². The van der Waals surface area contributed by atoms with Gasteiger partial charge in [0.25, 0.3) is 5.56 Å². The van der Waals surface area contributed by atoms with Gasteiger partial charge in [0, 0.05) is 36.8 Å². The second-order valence-corrected chi connectivity index (χ2v) is 7.00. The van der Waals surface area contributed by atoms with Gasteiger partial charge >= 0.3 is 0 Å². The minimum absolute atomic E-state index is 0.0327. The van der Waals surface area contributed by atoms with Crippen LogP contribution < -0.4 is 10.9 Å². The summed E-state index contributed by atoms with van der Waals surface area (Å²) in [5.74, 6) is 1.53. The molecule has 112 valence electrons. The van der Waals surface area contributed by atoms with E-state index in [1.807, 2.05) is 5.38 Å². The molecule has 2 aromatic rings. The fourth-order valence-electron chi connectivity index (χ4n) is 4.03. The molecule has 0 aliphatic carbocycles. The lowest BCUT2D eigenvalue weighted by atomic mass is 9.93. The summed E-state index contributed by atoms with van der Waals surface area (Å²) in [7, 11) is 0. The summed E-state index contributed by atoms with van der Waals surface area (Å²) in [5.41, 5.74) is 0.944. The Hall–Kier alpha value is -1.24. The summed E-state index contributed by atoms with van der Waals surface area (Å²) in [6.07, 6.45) is 2.96. The van der Waals surface area contributed by atoms with Gasteiger partial charge in [0.2, 0.25) is 0 Å². The van der Waals surface area contributed by atoms with Crippen LogP contribution in [0.5, 0.6) is 0 Å². The van der Waals surface area contributed by atoms with E-state index in [2.05, 4.69) is 22.1 Å². The third-order valence-corrected chi connectivity index (χ3v) is 5.72. The molecule has 0 bridgehead atoms. The van der Waals surface area contributed by atoms with Gasteiger partial charge in [0.1, 0.15) is 0 Å². The summed E-state index contributed by atoms with van der Waals surface area (Å²) in [6.45, 7) is 6.47. The van der Waals surface area contributed by atoms with E-state index in [0.717, 1.165) is 48.7 Å².